The lowest BCUT2D eigenvalue weighted by Gasteiger charge is -2.45. The van der Waals surface area contributed by atoms with E-state index in [2.05, 4.69) is 10.0 Å². The van der Waals surface area contributed by atoms with Crippen molar-refractivity contribution in [2.45, 2.75) is 70.9 Å². The molecule has 2 N–H and O–H groups in total. The Morgan fingerprint density at radius 3 is 2.27 bits per heavy atom. The largest absolute Gasteiger partial charge is 0.477 e. The van der Waals surface area contributed by atoms with E-state index in [0.29, 0.717) is 0 Å². The molecule has 0 radical (unpaired) electrons. The molecule has 12 heteroatoms. The summed E-state index contributed by atoms with van der Waals surface area (Å²) in [6.07, 6.45) is -2.74. The molecular formula is C18H26N4O8. The maximum absolute atomic E-state index is 12.6. The first-order valence-electron chi connectivity index (χ1n) is 9.26. The molecule has 0 bridgehead atoms. The molecule has 1 aliphatic heterocycles. The summed E-state index contributed by atoms with van der Waals surface area (Å²) in [4.78, 5) is 50.8. The standard InChI is InChI=1S/C18H26N4O8/c1-6-12(28-10(4)24)15(29-11(5)25)16-18(19,9(3)23)14(21-22-20)8-13(30-16)17(26)27-7-2/h8,12,14-16H,6-7,19H2,1-5H3/t12-,14?,15-,16?,18?/m1/s1. The van der Waals surface area contributed by atoms with E-state index in [4.69, 9.17) is 30.2 Å². The lowest BCUT2D eigenvalue weighted by Crippen LogP contribution is -2.70. The third-order valence-corrected chi connectivity index (χ3v) is 4.47. The molecule has 0 aromatic carbocycles. The first-order valence-corrected chi connectivity index (χ1v) is 9.26. The minimum atomic E-state index is -2.03. The monoisotopic (exact) mass is 426 g/mol. The number of ketones is 1. The zero-order valence-electron chi connectivity index (χ0n) is 17.5. The van der Waals surface area contributed by atoms with Crippen LogP contribution in [0.15, 0.2) is 16.9 Å². The first kappa shape index (κ1) is 24.9. The Bertz CT molecular complexity index is 776. The van der Waals surface area contributed by atoms with E-state index in [9.17, 15) is 19.2 Å². The van der Waals surface area contributed by atoms with Crippen LogP contribution < -0.4 is 5.73 Å². The average molecular weight is 426 g/mol. The molecule has 0 saturated heterocycles. The zero-order valence-corrected chi connectivity index (χ0v) is 17.5. The van der Waals surface area contributed by atoms with Crippen LogP contribution in [0, 0.1) is 0 Å². The maximum Gasteiger partial charge on any atom is 0.373 e. The molecule has 0 aromatic rings. The lowest BCUT2D eigenvalue weighted by molar-refractivity contribution is -0.186. The molecule has 166 valence electrons. The van der Waals surface area contributed by atoms with Crippen LogP contribution in [0.4, 0.5) is 0 Å². The summed E-state index contributed by atoms with van der Waals surface area (Å²) in [6, 6.07) is -1.37. The topological polar surface area (TPSA) is 180 Å². The van der Waals surface area contributed by atoms with Gasteiger partial charge < -0.3 is 24.7 Å². The van der Waals surface area contributed by atoms with Gasteiger partial charge in [0.1, 0.15) is 11.6 Å². The van der Waals surface area contributed by atoms with Crippen LogP contribution in [0.3, 0.4) is 0 Å². The summed E-state index contributed by atoms with van der Waals surface area (Å²) >= 11 is 0. The Balaban J connectivity index is 3.66. The number of azide groups is 1. The third kappa shape index (κ3) is 5.49. The Hall–Kier alpha value is -3.11. The minimum Gasteiger partial charge on any atom is -0.477 e. The summed E-state index contributed by atoms with van der Waals surface area (Å²) in [5.74, 6) is -3.38. The summed E-state index contributed by atoms with van der Waals surface area (Å²) in [6.45, 7) is 6.64. The van der Waals surface area contributed by atoms with Gasteiger partial charge in [-0.2, -0.15) is 0 Å². The zero-order chi connectivity index (χ0) is 23.1. The van der Waals surface area contributed by atoms with Crippen LogP contribution in [0.2, 0.25) is 0 Å². The molecule has 1 aliphatic rings. The molecule has 12 nitrogen and oxygen atoms in total. The van der Waals surface area contributed by atoms with Crippen molar-refractivity contribution in [1.29, 1.82) is 0 Å². The van der Waals surface area contributed by atoms with Gasteiger partial charge in [0.15, 0.2) is 18.0 Å². The van der Waals surface area contributed by atoms with Gasteiger partial charge in [-0.3, -0.25) is 14.4 Å². The van der Waals surface area contributed by atoms with Gasteiger partial charge in [-0.05, 0) is 31.9 Å². The van der Waals surface area contributed by atoms with Crippen molar-refractivity contribution in [3.63, 3.8) is 0 Å². The Labute approximate surface area is 173 Å². The van der Waals surface area contributed by atoms with Crippen LogP contribution in [-0.4, -0.2) is 60.2 Å². The lowest BCUT2D eigenvalue weighted by atomic mass is 9.76. The fourth-order valence-corrected chi connectivity index (χ4v) is 3.09. The van der Waals surface area contributed by atoms with Gasteiger partial charge in [0.05, 0.1) is 12.6 Å². The van der Waals surface area contributed by atoms with Crippen molar-refractivity contribution in [2.24, 2.45) is 10.8 Å². The van der Waals surface area contributed by atoms with E-state index in [1.807, 2.05) is 0 Å². The smallest absolute Gasteiger partial charge is 0.373 e. The van der Waals surface area contributed by atoms with Gasteiger partial charge in [0.2, 0.25) is 5.76 Å². The van der Waals surface area contributed by atoms with E-state index >= 15 is 0 Å². The Morgan fingerprint density at radius 1 is 1.23 bits per heavy atom. The number of nitrogens with two attached hydrogens (primary N) is 1. The van der Waals surface area contributed by atoms with E-state index in [1.54, 1.807) is 13.8 Å². The number of Topliss-reactive ketones (excluding diaryl/α,β-unsaturated/α-hetero) is 1. The minimum absolute atomic E-state index is 0.0231. The second-order valence-electron chi connectivity index (χ2n) is 6.56. The fraction of sp³-hybridized carbons (Fsp3) is 0.667. The molecule has 0 spiro atoms. The number of carbonyl (C=O) groups excluding carboxylic acids is 4. The van der Waals surface area contributed by atoms with E-state index in [-0.39, 0.29) is 18.8 Å². The molecule has 30 heavy (non-hydrogen) atoms. The average Bonchev–Trinajstić information content (AvgIpc) is 2.66. The van der Waals surface area contributed by atoms with E-state index in [1.165, 1.54) is 0 Å². The van der Waals surface area contributed by atoms with Crippen LogP contribution in [0.5, 0.6) is 0 Å². The summed E-state index contributed by atoms with van der Waals surface area (Å²) in [5.41, 5.74) is 13.3. The molecule has 1 rings (SSSR count). The fourth-order valence-electron chi connectivity index (χ4n) is 3.09. The predicted octanol–water partition coefficient (Wildman–Crippen LogP) is 1.07. The molecule has 1 heterocycles. The molecule has 0 aliphatic carbocycles. The van der Waals surface area contributed by atoms with Crippen molar-refractivity contribution in [3.8, 4) is 0 Å². The highest BCUT2D eigenvalue weighted by Crippen LogP contribution is 2.35. The van der Waals surface area contributed by atoms with Crippen molar-refractivity contribution < 1.29 is 38.1 Å². The molecule has 0 amide bonds. The molecule has 0 saturated carbocycles. The first-order chi connectivity index (χ1) is 14.0. The summed E-state index contributed by atoms with van der Waals surface area (Å²) < 4.78 is 21.1. The molecule has 0 aromatic heterocycles. The van der Waals surface area contributed by atoms with Crippen LogP contribution in [0.1, 0.15) is 41.0 Å². The van der Waals surface area contributed by atoms with Gasteiger partial charge in [0.25, 0.3) is 0 Å². The maximum atomic E-state index is 12.6. The number of esters is 3. The molecular weight excluding hydrogens is 400 g/mol. The van der Waals surface area contributed by atoms with Gasteiger partial charge >= 0.3 is 17.9 Å². The molecule has 0 fully saturated rings. The van der Waals surface area contributed by atoms with Gasteiger partial charge in [0, 0.05) is 18.8 Å². The summed E-state index contributed by atoms with van der Waals surface area (Å²) in [5, 5.41) is 3.53. The number of hydrogen-bond donors (Lipinski definition) is 1. The van der Waals surface area contributed by atoms with Crippen LogP contribution in [0.25, 0.3) is 10.4 Å². The second kappa shape index (κ2) is 10.6. The third-order valence-electron chi connectivity index (χ3n) is 4.47. The van der Waals surface area contributed by atoms with Crippen molar-refractivity contribution in [3.05, 3.63) is 22.3 Å². The number of nitrogens with zero attached hydrogens (tertiary/aromatic N) is 3. The quantitative estimate of drug-likeness (QED) is 0.185. The van der Waals surface area contributed by atoms with Crippen molar-refractivity contribution in [2.75, 3.05) is 6.61 Å². The number of rotatable bonds is 9. The number of ether oxygens (including phenoxy) is 4. The Kier molecular flexibility index (Phi) is 8.81. The van der Waals surface area contributed by atoms with Crippen LogP contribution in [-0.2, 0) is 38.1 Å². The second-order valence-corrected chi connectivity index (χ2v) is 6.56. The van der Waals surface area contributed by atoms with Crippen LogP contribution >= 0.6 is 0 Å². The van der Waals surface area contributed by atoms with Gasteiger partial charge in [-0.1, -0.05) is 12.0 Å². The van der Waals surface area contributed by atoms with Gasteiger partial charge in [-0.15, -0.1) is 0 Å². The Morgan fingerprint density at radius 2 is 1.83 bits per heavy atom. The van der Waals surface area contributed by atoms with Crippen molar-refractivity contribution >= 4 is 23.7 Å². The highest BCUT2D eigenvalue weighted by atomic mass is 16.6. The number of carbonyl (C=O) groups is 4. The summed E-state index contributed by atoms with van der Waals surface area (Å²) in [7, 11) is 0. The van der Waals surface area contributed by atoms with E-state index in [0.717, 1.165) is 26.8 Å². The molecule has 5 atom stereocenters. The highest BCUT2D eigenvalue weighted by molar-refractivity contribution is 5.91. The molecule has 3 unspecified atom stereocenters. The van der Waals surface area contributed by atoms with Gasteiger partial charge in [-0.25, -0.2) is 4.79 Å². The normalized spacial score (nSPS) is 24.8. The number of hydrogen-bond acceptors (Lipinski definition) is 10. The highest BCUT2D eigenvalue weighted by Gasteiger charge is 2.57. The predicted molar refractivity (Wildman–Crippen MR) is 102 cm³/mol. The van der Waals surface area contributed by atoms with E-state index < -0.39 is 53.6 Å². The SMILES string of the molecule is CCOC(=O)C1=CC(N=[N+]=[N-])C(N)(C(C)=O)C([C@H](OC(C)=O)[C@@H](CC)OC(C)=O)O1. The van der Waals surface area contributed by atoms with Crippen molar-refractivity contribution in [1.82, 2.24) is 0 Å².